The third-order valence-electron chi connectivity index (χ3n) is 3.92. The van der Waals surface area contributed by atoms with E-state index in [-0.39, 0.29) is 17.4 Å². The molecular formula is C18H26N6OS. The Morgan fingerprint density at radius 3 is 2.65 bits per heavy atom. The summed E-state index contributed by atoms with van der Waals surface area (Å²) in [6.45, 7) is 8.06. The summed E-state index contributed by atoms with van der Waals surface area (Å²) < 4.78 is 0. The summed E-state index contributed by atoms with van der Waals surface area (Å²) >= 11 is 1.44. The number of hydrogen-bond acceptors (Lipinski definition) is 7. The first kappa shape index (κ1) is 20.0. The van der Waals surface area contributed by atoms with E-state index in [0.29, 0.717) is 23.3 Å². The van der Waals surface area contributed by atoms with Gasteiger partial charge >= 0.3 is 0 Å². The van der Waals surface area contributed by atoms with Crippen LogP contribution in [0, 0.1) is 6.92 Å². The third-order valence-corrected chi connectivity index (χ3v) is 4.85. The van der Waals surface area contributed by atoms with Gasteiger partial charge in [0.2, 0.25) is 17.8 Å². The number of rotatable bonds is 8. The van der Waals surface area contributed by atoms with Crippen LogP contribution in [0.1, 0.15) is 38.6 Å². The van der Waals surface area contributed by atoms with Crippen molar-refractivity contribution in [1.82, 2.24) is 20.3 Å². The predicted octanol–water partition coefficient (Wildman–Crippen LogP) is 3.04. The Bertz CT molecular complexity index is 765. The summed E-state index contributed by atoms with van der Waals surface area (Å²) in [7, 11) is 0. The monoisotopic (exact) mass is 374 g/mol. The minimum atomic E-state index is -0.195. The van der Waals surface area contributed by atoms with Crippen LogP contribution in [-0.2, 0) is 10.5 Å². The van der Waals surface area contributed by atoms with E-state index >= 15 is 0 Å². The number of anilines is 3. The molecule has 0 aliphatic heterocycles. The van der Waals surface area contributed by atoms with E-state index in [9.17, 15) is 4.79 Å². The Kier molecular flexibility index (Phi) is 6.79. The minimum Gasteiger partial charge on any atom is -0.368 e. The number of aromatic nitrogens is 3. The molecule has 0 spiro atoms. The van der Waals surface area contributed by atoms with Gasteiger partial charge in [-0.15, -0.1) is 11.8 Å². The number of thioether (sulfide) groups is 1. The molecular weight excluding hydrogens is 348 g/mol. The molecule has 2 rings (SSSR count). The van der Waals surface area contributed by atoms with Crippen LogP contribution >= 0.6 is 11.8 Å². The molecule has 1 amide bonds. The highest BCUT2D eigenvalue weighted by atomic mass is 32.2. The lowest BCUT2D eigenvalue weighted by Crippen LogP contribution is -2.43. The number of para-hydroxylation sites is 1. The highest BCUT2D eigenvalue weighted by molar-refractivity contribution is 7.99. The van der Waals surface area contributed by atoms with Crippen LogP contribution in [0.4, 0.5) is 17.6 Å². The van der Waals surface area contributed by atoms with Crippen LogP contribution in [0.15, 0.2) is 24.3 Å². The first-order valence-corrected chi connectivity index (χ1v) is 9.66. The average molecular weight is 375 g/mol. The second kappa shape index (κ2) is 8.84. The standard InChI is InChI=1S/C18H26N6OS/c1-5-18(3,4)24-15(25)11-26-10-14-21-16(19)23-17(22-14)20-13-9-7-6-8-12(13)2/h6-9H,5,10-11H2,1-4H3,(H,24,25)(H3,19,20,21,22,23). The van der Waals surface area contributed by atoms with Crippen molar-refractivity contribution in [3.8, 4) is 0 Å². The average Bonchev–Trinajstić information content (AvgIpc) is 2.56. The summed E-state index contributed by atoms with van der Waals surface area (Å²) in [6, 6.07) is 7.85. The Balaban J connectivity index is 1.95. The van der Waals surface area contributed by atoms with Crippen molar-refractivity contribution >= 4 is 35.3 Å². The van der Waals surface area contributed by atoms with Crippen LogP contribution in [-0.4, -0.2) is 32.2 Å². The third kappa shape index (κ3) is 6.18. The zero-order valence-electron chi connectivity index (χ0n) is 15.7. The normalized spacial score (nSPS) is 11.2. The number of nitrogens with two attached hydrogens (primary N) is 1. The molecule has 0 bridgehead atoms. The molecule has 1 aromatic heterocycles. The lowest BCUT2D eigenvalue weighted by atomic mass is 10.0. The number of benzene rings is 1. The molecule has 0 atom stereocenters. The van der Waals surface area contributed by atoms with Gasteiger partial charge in [-0.05, 0) is 38.8 Å². The SMILES string of the molecule is CCC(C)(C)NC(=O)CSCc1nc(N)nc(Nc2ccccc2C)n1. The van der Waals surface area contributed by atoms with Crippen LogP contribution in [0.25, 0.3) is 0 Å². The number of hydrogen-bond donors (Lipinski definition) is 3. The van der Waals surface area contributed by atoms with Gasteiger partial charge in [-0.25, -0.2) is 0 Å². The van der Waals surface area contributed by atoms with E-state index in [1.54, 1.807) is 0 Å². The number of carbonyl (C=O) groups is 1. The van der Waals surface area contributed by atoms with Gasteiger partial charge in [-0.3, -0.25) is 4.79 Å². The van der Waals surface area contributed by atoms with Gasteiger partial charge in [0.25, 0.3) is 0 Å². The smallest absolute Gasteiger partial charge is 0.232 e. The van der Waals surface area contributed by atoms with Crippen molar-refractivity contribution in [2.45, 2.75) is 45.4 Å². The quantitative estimate of drug-likeness (QED) is 0.652. The summed E-state index contributed by atoms with van der Waals surface area (Å²) in [5.74, 6) is 1.93. The second-order valence-corrected chi connectivity index (χ2v) is 7.64. The van der Waals surface area contributed by atoms with Gasteiger partial charge in [0.05, 0.1) is 11.5 Å². The minimum absolute atomic E-state index is 0.00198. The van der Waals surface area contributed by atoms with Gasteiger partial charge in [-0.2, -0.15) is 15.0 Å². The molecule has 1 aromatic carbocycles. The lowest BCUT2D eigenvalue weighted by Gasteiger charge is -2.24. The van der Waals surface area contributed by atoms with Crippen LogP contribution in [0.5, 0.6) is 0 Å². The lowest BCUT2D eigenvalue weighted by molar-refractivity contribution is -0.120. The summed E-state index contributed by atoms with van der Waals surface area (Å²) in [5, 5.41) is 6.16. The fourth-order valence-corrected chi connectivity index (χ4v) is 2.80. The van der Waals surface area contributed by atoms with Crippen molar-refractivity contribution in [3.05, 3.63) is 35.7 Å². The van der Waals surface area contributed by atoms with Gasteiger partial charge in [-0.1, -0.05) is 25.1 Å². The predicted molar refractivity (Wildman–Crippen MR) is 107 cm³/mol. The molecule has 0 radical (unpaired) electrons. The van der Waals surface area contributed by atoms with E-state index in [2.05, 4.69) is 25.6 Å². The Morgan fingerprint density at radius 1 is 1.23 bits per heavy atom. The zero-order valence-corrected chi connectivity index (χ0v) is 16.5. The molecule has 140 valence electrons. The van der Waals surface area contributed by atoms with E-state index in [4.69, 9.17) is 5.73 Å². The summed E-state index contributed by atoms with van der Waals surface area (Å²) in [5.41, 5.74) is 7.59. The molecule has 7 nitrogen and oxygen atoms in total. The Labute approximate surface area is 158 Å². The van der Waals surface area contributed by atoms with Crippen LogP contribution in [0.3, 0.4) is 0 Å². The molecule has 0 unspecified atom stereocenters. The highest BCUT2D eigenvalue weighted by Crippen LogP contribution is 2.19. The van der Waals surface area contributed by atoms with Crippen LogP contribution < -0.4 is 16.4 Å². The number of amides is 1. The van der Waals surface area contributed by atoms with E-state index in [1.807, 2.05) is 52.0 Å². The molecule has 0 fully saturated rings. The molecule has 0 aliphatic rings. The molecule has 0 saturated carbocycles. The summed E-state index contributed by atoms with van der Waals surface area (Å²) in [4.78, 5) is 24.7. The molecule has 4 N–H and O–H groups in total. The van der Waals surface area contributed by atoms with Crippen LogP contribution in [0.2, 0.25) is 0 Å². The largest absolute Gasteiger partial charge is 0.368 e. The van der Waals surface area contributed by atoms with Crippen molar-refractivity contribution in [2.24, 2.45) is 0 Å². The van der Waals surface area contributed by atoms with Crippen molar-refractivity contribution in [1.29, 1.82) is 0 Å². The molecule has 8 heteroatoms. The second-order valence-electron chi connectivity index (χ2n) is 6.65. The van der Waals surface area contributed by atoms with Gasteiger partial charge in [0, 0.05) is 11.2 Å². The number of nitrogen functional groups attached to an aromatic ring is 1. The maximum absolute atomic E-state index is 12.0. The first-order chi connectivity index (χ1) is 12.3. The highest BCUT2D eigenvalue weighted by Gasteiger charge is 2.17. The van der Waals surface area contributed by atoms with E-state index in [0.717, 1.165) is 17.7 Å². The Hall–Kier alpha value is -2.35. The van der Waals surface area contributed by atoms with E-state index in [1.165, 1.54) is 11.8 Å². The molecule has 0 aliphatic carbocycles. The number of nitrogens with one attached hydrogen (secondary N) is 2. The maximum Gasteiger partial charge on any atom is 0.232 e. The number of aryl methyl sites for hydroxylation is 1. The molecule has 0 saturated heterocycles. The number of nitrogens with zero attached hydrogens (tertiary/aromatic N) is 3. The van der Waals surface area contributed by atoms with Crippen molar-refractivity contribution < 1.29 is 4.79 Å². The van der Waals surface area contributed by atoms with Gasteiger partial charge in [0.15, 0.2) is 0 Å². The molecule has 1 heterocycles. The van der Waals surface area contributed by atoms with Gasteiger partial charge < -0.3 is 16.4 Å². The van der Waals surface area contributed by atoms with E-state index < -0.39 is 0 Å². The Morgan fingerprint density at radius 2 is 1.96 bits per heavy atom. The maximum atomic E-state index is 12.0. The van der Waals surface area contributed by atoms with Crippen molar-refractivity contribution in [3.63, 3.8) is 0 Å². The fraction of sp³-hybridized carbons (Fsp3) is 0.444. The topological polar surface area (TPSA) is 106 Å². The first-order valence-electron chi connectivity index (χ1n) is 8.51. The molecule has 26 heavy (non-hydrogen) atoms. The number of carbonyl (C=O) groups excluding carboxylic acids is 1. The molecule has 2 aromatic rings. The zero-order chi connectivity index (χ0) is 19.2. The fourth-order valence-electron chi connectivity index (χ4n) is 2.13. The van der Waals surface area contributed by atoms with Gasteiger partial charge in [0.1, 0.15) is 5.82 Å². The summed E-state index contributed by atoms with van der Waals surface area (Å²) in [6.07, 6.45) is 0.876. The van der Waals surface area contributed by atoms with Crippen molar-refractivity contribution in [2.75, 3.05) is 16.8 Å².